The molecule has 0 fully saturated rings. The summed E-state index contributed by atoms with van der Waals surface area (Å²) in [6.45, 7) is 2.20. The van der Waals surface area contributed by atoms with Crippen LogP contribution < -0.4 is 5.73 Å². The van der Waals surface area contributed by atoms with Gasteiger partial charge in [0.1, 0.15) is 0 Å². The minimum absolute atomic E-state index is 0.395. The molecule has 2 aromatic heterocycles. The number of aryl methyl sites for hydroxylation is 1. The van der Waals surface area contributed by atoms with Crippen LogP contribution in [0.25, 0.3) is 11.1 Å². The van der Waals surface area contributed by atoms with Gasteiger partial charge in [-0.05, 0) is 30.5 Å². The van der Waals surface area contributed by atoms with Crippen molar-refractivity contribution in [3.05, 3.63) is 30.2 Å². The maximum atomic E-state index is 5.85. The molecular formula is C14H19N3O. The molecule has 2 N–H and O–H groups in total. The van der Waals surface area contributed by atoms with Crippen LogP contribution in [0.5, 0.6) is 0 Å². The van der Waals surface area contributed by atoms with Gasteiger partial charge in [0.15, 0.2) is 0 Å². The first-order valence-corrected chi connectivity index (χ1v) is 6.47. The standard InChI is InChI=1S/C14H19N3O/c1-2-3-4-5-6-12-13(14(15)18-17-12)11-7-9-16-10-8-11/h7-10H,2-6,15H2,1H3. The third-order valence-corrected chi connectivity index (χ3v) is 3.03. The first-order chi connectivity index (χ1) is 8.83. The maximum Gasteiger partial charge on any atom is 0.230 e. The maximum absolute atomic E-state index is 5.85. The van der Waals surface area contributed by atoms with E-state index >= 15 is 0 Å². The summed E-state index contributed by atoms with van der Waals surface area (Å²) in [6.07, 6.45) is 9.26. The van der Waals surface area contributed by atoms with Gasteiger partial charge >= 0.3 is 0 Å². The van der Waals surface area contributed by atoms with Crippen molar-refractivity contribution < 1.29 is 4.52 Å². The van der Waals surface area contributed by atoms with Crippen LogP contribution in [0.4, 0.5) is 5.88 Å². The molecule has 96 valence electrons. The number of rotatable bonds is 6. The van der Waals surface area contributed by atoms with Gasteiger partial charge in [-0.2, -0.15) is 0 Å². The number of unbranched alkanes of at least 4 members (excludes halogenated alkanes) is 3. The SMILES string of the molecule is CCCCCCc1noc(N)c1-c1ccncc1. The van der Waals surface area contributed by atoms with E-state index in [1.807, 2.05) is 12.1 Å². The number of nitrogens with two attached hydrogens (primary N) is 1. The smallest absolute Gasteiger partial charge is 0.230 e. The third kappa shape index (κ3) is 2.88. The minimum Gasteiger partial charge on any atom is -0.367 e. The van der Waals surface area contributed by atoms with Crippen LogP contribution in [0.1, 0.15) is 38.3 Å². The number of hydrogen-bond acceptors (Lipinski definition) is 4. The highest BCUT2D eigenvalue weighted by Crippen LogP contribution is 2.30. The lowest BCUT2D eigenvalue weighted by molar-refractivity contribution is 0.426. The summed E-state index contributed by atoms with van der Waals surface area (Å²) in [6, 6.07) is 3.86. The summed E-state index contributed by atoms with van der Waals surface area (Å²) in [5, 5.41) is 4.07. The summed E-state index contributed by atoms with van der Waals surface area (Å²) in [7, 11) is 0. The molecule has 2 rings (SSSR count). The van der Waals surface area contributed by atoms with Gasteiger partial charge in [-0.1, -0.05) is 31.3 Å². The van der Waals surface area contributed by atoms with Crippen molar-refractivity contribution >= 4 is 5.88 Å². The van der Waals surface area contributed by atoms with Gasteiger partial charge in [-0.3, -0.25) is 4.98 Å². The van der Waals surface area contributed by atoms with Crippen LogP contribution in [0.3, 0.4) is 0 Å². The molecule has 0 aliphatic heterocycles. The van der Waals surface area contributed by atoms with E-state index in [2.05, 4.69) is 17.1 Å². The number of nitrogens with zero attached hydrogens (tertiary/aromatic N) is 2. The second kappa shape index (κ2) is 6.19. The molecule has 0 spiro atoms. The van der Waals surface area contributed by atoms with Crippen molar-refractivity contribution in [2.75, 3.05) is 5.73 Å². The number of pyridine rings is 1. The van der Waals surface area contributed by atoms with Gasteiger partial charge in [0, 0.05) is 12.4 Å². The fraction of sp³-hybridized carbons (Fsp3) is 0.429. The molecule has 0 aliphatic carbocycles. The van der Waals surface area contributed by atoms with Crippen molar-refractivity contribution in [1.82, 2.24) is 10.1 Å². The first-order valence-electron chi connectivity index (χ1n) is 6.47. The Morgan fingerprint density at radius 2 is 1.94 bits per heavy atom. The van der Waals surface area contributed by atoms with E-state index in [1.54, 1.807) is 12.4 Å². The molecule has 0 saturated heterocycles. The Labute approximate surface area is 107 Å². The highest BCUT2D eigenvalue weighted by Gasteiger charge is 2.14. The molecule has 0 amide bonds. The van der Waals surface area contributed by atoms with E-state index in [4.69, 9.17) is 10.3 Å². The highest BCUT2D eigenvalue weighted by atomic mass is 16.5. The number of hydrogen-bond donors (Lipinski definition) is 1. The molecule has 0 radical (unpaired) electrons. The summed E-state index contributed by atoms with van der Waals surface area (Å²) >= 11 is 0. The molecule has 18 heavy (non-hydrogen) atoms. The fourth-order valence-corrected chi connectivity index (χ4v) is 2.06. The molecule has 4 nitrogen and oxygen atoms in total. The van der Waals surface area contributed by atoms with E-state index in [0.29, 0.717) is 5.88 Å². The molecule has 0 unspecified atom stereocenters. The van der Waals surface area contributed by atoms with Crippen molar-refractivity contribution in [3.63, 3.8) is 0 Å². The zero-order chi connectivity index (χ0) is 12.8. The Morgan fingerprint density at radius 3 is 2.67 bits per heavy atom. The van der Waals surface area contributed by atoms with Crippen LogP contribution in [0.2, 0.25) is 0 Å². The average molecular weight is 245 g/mol. The molecule has 0 atom stereocenters. The van der Waals surface area contributed by atoms with Gasteiger partial charge in [-0.15, -0.1) is 0 Å². The van der Waals surface area contributed by atoms with Crippen molar-refractivity contribution in [3.8, 4) is 11.1 Å². The van der Waals surface area contributed by atoms with Crippen LogP contribution in [-0.4, -0.2) is 10.1 Å². The Bertz CT molecular complexity index is 479. The lowest BCUT2D eigenvalue weighted by Gasteiger charge is -2.02. The quantitative estimate of drug-likeness (QED) is 0.792. The normalized spacial score (nSPS) is 10.7. The zero-order valence-electron chi connectivity index (χ0n) is 10.7. The number of anilines is 1. The molecule has 4 heteroatoms. The minimum atomic E-state index is 0.395. The summed E-state index contributed by atoms with van der Waals surface area (Å²) in [5.41, 5.74) is 8.76. The number of aromatic nitrogens is 2. The predicted octanol–water partition coefficient (Wildman–Crippen LogP) is 3.44. The second-order valence-corrected chi connectivity index (χ2v) is 4.42. The Hall–Kier alpha value is -1.84. The topological polar surface area (TPSA) is 64.9 Å². The van der Waals surface area contributed by atoms with E-state index in [0.717, 1.165) is 29.7 Å². The molecular weight excluding hydrogens is 226 g/mol. The Morgan fingerprint density at radius 1 is 1.17 bits per heavy atom. The van der Waals surface area contributed by atoms with Gasteiger partial charge < -0.3 is 10.3 Å². The van der Waals surface area contributed by atoms with Crippen LogP contribution in [-0.2, 0) is 6.42 Å². The molecule has 0 aliphatic rings. The first kappa shape index (κ1) is 12.6. The monoisotopic (exact) mass is 245 g/mol. The van der Waals surface area contributed by atoms with E-state index in [-0.39, 0.29) is 0 Å². The Balaban J connectivity index is 2.12. The highest BCUT2D eigenvalue weighted by molar-refractivity contribution is 5.74. The van der Waals surface area contributed by atoms with Crippen molar-refractivity contribution in [2.45, 2.75) is 39.0 Å². The zero-order valence-corrected chi connectivity index (χ0v) is 10.7. The molecule has 0 saturated carbocycles. The summed E-state index contributed by atoms with van der Waals surface area (Å²) < 4.78 is 5.11. The van der Waals surface area contributed by atoms with Crippen LogP contribution in [0, 0.1) is 0 Å². The van der Waals surface area contributed by atoms with Crippen LogP contribution in [0.15, 0.2) is 29.0 Å². The lowest BCUT2D eigenvalue weighted by atomic mass is 10.0. The molecule has 2 heterocycles. The molecule has 2 aromatic rings. The molecule has 0 bridgehead atoms. The fourth-order valence-electron chi connectivity index (χ4n) is 2.06. The van der Waals surface area contributed by atoms with Crippen molar-refractivity contribution in [2.24, 2.45) is 0 Å². The predicted molar refractivity (Wildman–Crippen MR) is 72.0 cm³/mol. The average Bonchev–Trinajstić information content (AvgIpc) is 2.77. The largest absolute Gasteiger partial charge is 0.367 e. The Kier molecular flexibility index (Phi) is 4.34. The van der Waals surface area contributed by atoms with E-state index < -0.39 is 0 Å². The van der Waals surface area contributed by atoms with E-state index in [9.17, 15) is 0 Å². The van der Waals surface area contributed by atoms with E-state index in [1.165, 1.54) is 19.3 Å². The number of nitrogen functional groups attached to an aromatic ring is 1. The van der Waals surface area contributed by atoms with Gasteiger partial charge in [-0.25, -0.2) is 0 Å². The lowest BCUT2D eigenvalue weighted by Crippen LogP contribution is -1.92. The molecule has 0 aromatic carbocycles. The van der Waals surface area contributed by atoms with Crippen LogP contribution >= 0.6 is 0 Å². The van der Waals surface area contributed by atoms with Gasteiger partial charge in [0.2, 0.25) is 5.88 Å². The third-order valence-electron chi connectivity index (χ3n) is 3.03. The second-order valence-electron chi connectivity index (χ2n) is 4.42. The van der Waals surface area contributed by atoms with Gasteiger partial charge in [0.25, 0.3) is 0 Å². The summed E-state index contributed by atoms with van der Waals surface area (Å²) in [5.74, 6) is 0.395. The van der Waals surface area contributed by atoms with Crippen molar-refractivity contribution in [1.29, 1.82) is 0 Å². The summed E-state index contributed by atoms with van der Waals surface area (Å²) in [4.78, 5) is 4.01. The van der Waals surface area contributed by atoms with Gasteiger partial charge in [0.05, 0.1) is 11.3 Å².